The van der Waals surface area contributed by atoms with Crippen molar-refractivity contribution in [3.05, 3.63) is 0 Å². The summed E-state index contributed by atoms with van der Waals surface area (Å²) in [7, 11) is 0. The molecule has 3 atom stereocenters. The highest BCUT2D eigenvalue weighted by atomic mass is 16.2. The molecule has 1 amide bonds. The molecule has 3 aliphatic rings. The summed E-state index contributed by atoms with van der Waals surface area (Å²) in [6.07, 6.45) is 9.28. The van der Waals surface area contributed by atoms with Gasteiger partial charge in [-0.1, -0.05) is 12.8 Å². The molecular weight excluding hydrogens is 250 g/mol. The number of rotatable bonds is 2. The van der Waals surface area contributed by atoms with E-state index in [1.54, 1.807) is 0 Å². The number of hydrogen-bond donors (Lipinski definition) is 1. The number of carbonyl (C=O) groups excluding carboxylic acids is 1. The fourth-order valence-electron chi connectivity index (χ4n) is 4.28. The maximum atomic E-state index is 12.5. The Kier molecular flexibility index (Phi) is 4.61. The van der Waals surface area contributed by atoms with Crippen LogP contribution in [0.1, 0.15) is 51.4 Å². The molecule has 0 radical (unpaired) electrons. The quantitative estimate of drug-likeness (QED) is 0.835. The molecule has 2 saturated heterocycles. The number of hydrogen-bond acceptors (Lipinski definition) is 3. The highest BCUT2D eigenvalue weighted by Gasteiger charge is 2.32. The van der Waals surface area contributed by atoms with Crippen molar-refractivity contribution in [2.75, 3.05) is 26.2 Å². The van der Waals surface area contributed by atoms with Gasteiger partial charge in [-0.3, -0.25) is 9.69 Å². The second kappa shape index (κ2) is 6.44. The molecule has 3 unspecified atom stereocenters. The number of carbonyl (C=O) groups is 1. The molecule has 2 heterocycles. The first-order chi connectivity index (χ1) is 9.72. The molecule has 3 fully saturated rings. The summed E-state index contributed by atoms with van der Waals surface area (Å²) in [4.78, 5) is 17.2. The molecule has 20 heavy (non-hydrogen) atoms. The summed E-state index contributed by atoms with van der Waals surface area (Å²) in [5.41, 5.74) is 6.04. The normalized spacial score (nSPS) is 35.6. The van der Waals surface area contributed by atoms with Crippen molar-refractivity contribution in [3.63, 3.8) is 0 Å². The second-order valence-electron chi connectivity index (χ2n) is 7.02. The smallest absolute Gasteiger partial charge is 0.222 e. The van der Waals surface area contributed by atoms with Crippen molar-refractivity contribution in [1.82, 2.24) is 9.80 Å². The summed E-state index contributed by atoms with van der Waals surface area (Å²) in [5.74, 6) is 0.921. The van der Waals surface area contributed by atoms with Crippen LogP contribution >= 0.6 is 0 Å². The van der Waals surface area contributed by atoms with E-state index in [4.69, 9.17) is 5.73 Å². The molecule has 4 heteroatoms. The van der Waals surface area contributed by atoms with Gasteiger partial charge in [0, 0.05) is 38.1 Å². The minimum Gasteiger partial charge on any atom is -0.340 e. The van der Waals surface area contributed by atoms with E-state index in [9.17, 15) is 4.79 Å². The van der Waals surface area contributed by atoms with Crippen LogP contribution in [0.3, 0.4) is 0 Å². The van der Waals surface area contributed by atoms with Crippen molar-refractivity contribution in [2.45, 2.75) is 63.5 Å². The number of piperazine rings is 1. The van der Waals surface area contributed by atoms with Gasteiger partial charge in [-0.25, -0.2) is 0 Å². The van der Waals surface area contributed by atoms with E-state index in [0.29, 0.717) is 23.9 Å². The average molecular weight is 279 g/mol. The Balaban J connectivity index is 1.50. The Labute approximate surface area is 122 Å². The van der Waals surface area contributed by atoms with Gasteiger partial charge < -0.3 is 10.6 Å². The van der Waals surface area contributed by atoms with E-state index in [1.807, 2.05) is 0 Å². The fourth-order valence-corrected chi connectivity index (χ4v) is 4.28. The van der Waals surface area contributed by atoms with Gasteiger partial charge in [0.2, 0.25) is 5.91 Å². The van der Waals surface area contributed by atoms with Crippen LogP contribution in [0.25, 0.3) is 0 Å². The van der Waals surface area contributed by atoms with Gasteiger partial charge in [0.25, 0.3) is 0 Å². The van der Waals surface area contributed by atoms with Gasteiger partial charge in [-0.15, -0.1) is 0 Å². The lowest BCUT2D eigenvalue weighted by Gasteiger charge is -2.44. The Hall–Kier alpha value is -0.610. The zero-order chi connectivity index (χ0) is 13.9. The van der Waals surface area contributed by atoms with E-state index in [1.165, 1.54) is 38.6 Å². The van der Waals surface area contributed by atoms with Gasteiger partial charge in [0.1, 0.15) is 0 Å². The SMILES string of the molecule is NC1CCCC(CC(=O)N2CCN3CCCCC3C2)C1. The molecule has 0 aromatic carbocycles. The molecule has 3 rings (SSSR count). The third-order valence-corrected chi connectivity index (χ3v) is 5.48. The molecular formula is C16H29N3O. The topological polar surface area (TPSA) is 49.6 Å². The van der Waals surface area contributed by atoms with E-state index >= 15 is 0 Å². The summed E-state index contributed by atoms with van der Waals surface area (Å²) in [5, 5.41) is 0. The largest absolute Gasteiger partial charge is 0.340 e. The Morgan fingerprint density at radius 2 is 1.95 bits per heavy atom. The van der Waals surface area contributed by atoms with Crippen LogP contribution in [0.5, 0.6) is 0 Å². The van der Waals surface area contributed by atoms with E-state index < -0.39 is 0 Å². The maximum Gasteiger partial charge on any atom is 0.222 e. The zero-order valence-electron chi connectivity index (χ0n) is 12.6. The highest BCUT2D eigenvalue weighted by molar-refractivity contribution is 5.76. The summed E-state index contributed by atoms with van der Waals surface area (Å²) in [6.45, 7) is 4.23. The molecule has 2 N–H and O–H groups in total. The monoisotopic (exact) mass is 279 g/mol. The molecule has 0 spiro atoms. The van der Waals surface area contributed by atoms with Crippen LogP contribution in [0.4, 0.5) is 0 Å². The lowest BCUT2D eigenvalue weighted by molar-refractivity contribution is -0.136. The first-order valence-corrected chi connectivity index (χ1v) is 8.50. The van der Waals surface area contributed by atoms with Crippen LogP contribution < -0.4 is 5.73 Å². The minimum absolute atomic E-state index is 0.330. The van der Waals surface area contributed by atoms with Gasteiger partial charge >= 0.3 is 0 Å². The molecule has 0 bridgehead atoms. The number of nitrogens with zero attached hydrogens (tertiary/aromatic N) is 2. The van der Waals surface area contributed by atoms with E-state index in [-0.39, 0.29) is 0 Å². The number of nitrogens with two attached hydrogens (primary N) is 1. The minimum atomic E-state index is 0.330. The van der Waals surface area contributed by atoms with E-state index in [2.05, 4.69) is 9.80 Å². The Morgan fingerprint density at radius 3 is 2.80 bits per heavy atom. The molecule has 4 nitrogen and oxygen atoms in total. The van der Waals surface area contributed by atoms with Crippen molar-refractivity contribution in [3.8, 4) is 0 Å². The van der Waals surface area contributed by atoms with Crippen LogP contribution in [0.2, 0.25) is 0 Å². The molecule has 1 saturated carbocycles. The molecule has 2 aliphatic heterocycles. The van der Waals surface area contributed by atoms with Crippen molar-refractivity contribution in [1.29, 1.82) is 0 Å². The summed E-state index contributed by atoms with van der Waals surface area (Å²) >= 11 is 0. The first-order valence-electron chi connectivity index (χ1n) is 8.50. The highest BCUT2D eigenvalue weighted by Crippen LogP contribution is 2.27. The average Bonchev–Trinajstić information content (AvgIpc) is 2.47. The number of fused-ring (bicyclic) bond motifs is 1. The van der Waals surface area contributed by atoms with Gasteiger partial charge in [-0.2, -0.15) is 0 Å². The molecule has 0 aromatic heterocycles. The van der Waals surface area contributed by atoms with Gasteiger partial charge in [0.15, 0.2) is 0 Å². The Bertz CT molecular complexity index is 347. The van der Waals surface area contributed by atoms with Crippen molar-refractivity contribution in [2.24, 2.45) is 11.7 Å². The third kappa shape index (κ3) is 3.34. The standard InChI is InChI=1S/C16H29N3O/c17-14-5-3-4-13(10-14)11-16(20)19-9-8-18-7-2-1-6-15(18)12-19/h13-15H,1-12,17H2. The maximum absolute atomic E-state index is 12.5. The van der Waals surface area contributed by atoms with Crippen molar-refractivity contribution < 1.29 is 4.79 Å². The third-order valence-electron chi connectivity index (χ3n) is 5.48. The second-order valence-corrected chi connectivity index (χ2v) is 7.02. The van der Waals surface area contributed by atoms with E-state index in [0.717, 1.165) is 38.9 Å². The zero-order valence-corrected chi connectivity index (χ0v) is 12.6. The Morgan fingerprint density at radius 1 is 1.05 bits per heavy atom. The van der Waals surface area contributed by atoms with Gasteiger partial charge in [0.05, 0.1) is 0 Å². The van der Waals surface area contributed by atoms with Gasteiger partial charge in [-0.05, 0) is 44.6 Å². The lowest BCUT2D eigenvalue weighted by atomic mass is 9.84. The number of piperidine rings is 1. The van der Waals surface area contributed by atoms with Crippen LogP contribution in [0.15, 0.2) is 0 Å². The molecule has 1 aliphatic carbocycles. The molecule has 114 valence electrons. The predicted molar refractivity (Wildman–Crippen MR) is 80.3 cm³/mol. The van der Waals surface area contributed by atoms with Crippen LogP contribution in [-0.2, 0) is 4.79 Å². The summed E-state index contributed by atoms with van der Waals surface area (Å²) in [6, 6.07) is 0.965. The predicted octanol–water partition coefficient (Wildman–Crippen LogP) is 1.59. The molecule has 0 aromatic rings. The van der Waals surface area contributed by atoms with Crippen LogP contribution in [-0.4, -0.2) is 54.0 Å². The number of amides is 1. The first kappa shape index (κ1) is 14.3. The van der Waals surface area contributed by atoms with Crippen LogP contribution in [0, 0.1) is 5.92 Å². The summed E-state index contributed by atoms with van der Waals surface area (Å²) < 4.78 is 0. The lowest BCUT2D eigenvalue weighted by Crippen LogP contribution is -2.56. The fraction of sp³-hybridized carbons (Fsp3) is 0.938. The van der Waals surface area contributed by atoms with Crippen molar-refractivity contribution >= 4 is 5.91 Å².